The number of nitrogens with one attached hydrogen (secondary N) is 2. The molecule has 25 heavy (non-hydrogen) atoms. The molecule has 2 aromatic rings. The zero-order valence-electron chi connectivity index (χ0n) is 13.4. The second kappa shape index (κ2) is 8.60. The first-order valence-corrected chi connectivity index (χ1v) is 8.70. The molecule has 0 atom stereocenters. The van der Waals surface area contributed by atoms with Crippen molar-refractivity contribution in [2.75, 3.05) is 11.9 Å². The van der Waals surface area contributed by atoms with Gasteiger partial charge < -0.3 is 10.6 Å². The molecule has 1 aromatic heterocycles. The summed E-state index contributed by atoms with van der Waals surface area (Å²) in [6.07, 6.45) is 0.818. The lowest BCUT2D eigenvalue weighted by atomic mass is 10.2. The van der Waals surface area contributed by atoms with Crippen LogP contribution in [0, 0.1) is 17.1 Å². The van der Waals surface area contributed by atoms with Crippen LogP contribution in [0.2, 0.25) is 5.02 Å². The maximum Gasteiger partial charge on any atom is 0.252 e. The topological polar surface area (TPSA) is 82.0 Å². The summed E-state index contributed by atoms with van der Waals surface area (Å²) in [5.74, 6) is -1.33. The van der Waals surface area contributed by atoms with Crippen LogP contribution in [0.4, 0.5) is 9.39 Å². The van der Waals surface area contributed by atoms with Gasteiger partial charge in [0.2, 0.25) is 5.91 Å². The first kappa shape index (κ1) is 18.9. The maximum absolute atomic E-state index is 13.0. The van der Waals surface area contributed by atoms with Crippen LogP contribution in [0.1, 0.15) is 34.1 Å². The Bertz CT molecular complexity index is 845. The van der Waals surface area contributed by atoms with Gasteiger partial charge in [-0.05, 0) is 30.7 Å². The number of rotatable bonds is 6. The van der Waals surface area contributed by atoms with Gasteiger partial charge >= 0.3 is 0 Å². The highest BCUT2D eigenvalue weighted by Crippen LogP contribution is 2.27. The molecule has 0 unspecified atom stereocenters. The van der Waals surface area contributed by atoms with Crippen LogP contribution in [0.3, 0.4) is 0 Å². The summed E-state index contributed by atoms with van der Waals surface area (Å²) in [5.41, 5.74) is 0.568. The number of carbonyl (C=O) groups excluding carboxylic acids is 2. The molecule has 5 nitrogen and oxygen atoms in total. The van der Waals surface area contributed by atoms with E-state index in [1.807, 2.05) is 13.0 Å². The molecular weight excluding hydrogens is 365 g/mol. The number of nitriles is 1. The smallest absolute Gasteiger partial charge is 0.252 e. The normalized spacial score (nSPS) is 10.2. The summed E-state index contributed by atoms with van der Waals surface area (Å²) < 4.78 is 13.0. The van der Waals surface area contributed by atoms with Crippen LogP contribution in [0.25, 0.3) is 0 Å². The molecule has 2 N–H and O–H groups in total. The lowest BCUT2D eigenvalue weighted by Gasteiger charge is -2.07. The highest BCUT2D eigenvalue weighted by molar-refractivity contribution is 7.16. The Morgan fingerprint density at radius 1 is 1.36 bits per heavy atom. The maximum atomic E-state index is 13.0. The van der Waals surface area contributed by atoms with Gasteiger partial charge in [-0.1, -0.05) is 18.5 Å². The largest absolute Gasteiger partial charge is 0.351 e. The molecule has 8 heteroatoms. The van der Waals surface area contributed by atoms with Crippen molar-refractivity contribution < 1.29 is 14.0 Å². The minimum Gasteiger partial charge on any atom is -0.351 e. The Kier molecular flexibility index (Phi) is 6.51. The van der Waals surface area contributed by atoms with E-state index in [-0.39, 0.29) is 29.5 Å². The number of amides is 2. The molecule has 0 radical (unpaired) electrons. The number of anilines is 1. The highest BCUT2D eigenvalue weighted by Gasteiger charge is 2.13. The summed E-state index contributed by atoms with van der Waals surface area (Å²) in [7, 11) is 0. The summed E-state index contributed by atoms with van der Waals surface area (Å²) in [6.45, 7) is 2.06. The molecular formula is C17H15ClFN3O2S. The average molecular weight is 380 g/mol. The van der Waals surface area contributed by atoms with Crippen LogP contribution in [-0.4, -0.2) is 18.4 Å². The highest BCUT2D eigenvalue weighted by atomic mass is 35.5. The standard InChI is InChI=1S/C17H15ClFN3O2S/c1-2-12-7-10(9-20)17(25-12)22-15(23)5-6-21-16(24)13-4-3-11(19)8-14(13)18/h3-4,7-8H,2,5-6H2,1H3,(H,21,24)(H,22,23). The molecule has 0 aliphatic carbocycles. The van der Waals surface area contributed by atoms with E-state index in [1.165, 1.54) is 17.4 Å². The van der Waals surface area contributed by atoms with Gasteiger partial charge in [0.15, 0.2) is 0 Å². The van der Waals surface area contributed by atoms with E-state index in [0.29, 0.717) is 10.6 Å². The molecule has 2 amide bonds. The van der Waals surface area contributed by atoms with Crippen LogP contribution in [0.15, 0.2) is 24.3 Å². The Hall–Kier alpha value is -2.43. The minimum atomic E-state index is -0.531. The number of thiophene rings is 1. The molecule has 0 aliphatic rings. The average Bonchev–Trinajstić information content (AvgIpc) is 2.96. The van der Waals surface area contributed by atoms with E-state index >= 15 is 0 Å². The molecule has 0 aliphatic heterocycles. The van der Waals surface area contributed by atoms with Gasteiger partial charge in [-0.25, -0.2) is 4.39 Å². The first-order valence-electron chi connectivity index (χ1n) is 7.50. The Balaban J connectivity index is 1.87. The second-order valence-corrected chi connectivity index (χ2v) is 6.64. The lowest BCUT2D eigenvalue weighted by Crippen LogP contribution is -2.27. The van der Waals surface area contributed by atoms with Gasteiger partial charge in [-0.2, -0.15) is 5.26 Å². The zero-order valence-corrected chi connectivity index (χ0v) is 14.9. The fraction of sp³-hybridized carbons (Fsp3) is 0.235. The van der Waals surface area contributed by atoms with Crippen LogP contribution >= 0.6 is 22.9 Å². The molecule has 1 heterocycles. The molecule has 0 saturated heterocycles. The third-order valence-electron chi connectivity index (χ3n) is 3.32. The number of carbonyl (C=O) groups is 2. The van der Waals surface area contributed by atoms with E-state index in [2.05, 4.69) is 10.6 Å². The van der Waals surface area contributed by atoms with Crippen molar-refractivity contribution in [3.05, 3.63) is 51.1 Å². The molecule has 0 spiro atoms. The van der Waals surface area contributed by atoms with Crippen LogP contribution in [-0.2, 0) is 11.2 Å². The lowest BCUT2D eigenvalue weighted by molar-refractivity contribution is -0.116. The Morgan fingerprint density at radius 3 is 2.76 bits per heavy atom. The second-order valence-electron chi connectivity index (χ2n) is 5.10. The van der Waals surface area contributed by atoms with Crippen molar-refractivity contribution in [2.45, 2.75) is 19.8 Å². The van der Waals surface area contributed by atoms with Gasteiger partial charge in [-0.15, -0.1) is 11.3 Å². The fourth-order valence-corrected chi connectivity index (χ4v) is 3.26. The van der Waals surface area contributed by atoms with Gasteiger partial charge in [0, 0.05) is 17.8 Å². The summed E-state index contributed by atoms with van der Waals surface area (Å²) in [6, 6.07) is 7.26. The molecule has 1 aromatic carbocycles. The Morgan fingerprint density at radius 2 is 2.12 bits per heavy atom. The van der Waals surface area contributed by atoms with Crippen molar-refractivity contribution in [3.8, 4) is 6.07 Å². The predicted molar refractivity (Wildman–Crippen MR) is 95.4 cm³/mol. The van der Waals surface area contributed by atoms with E-state index in [4.69, 9.17) is 16.9 Å². The number of hydrogen-bond acceptors (Lipinski definition) is 4. The third kappa shape index (κ3) is 5.02. The van der Waals surface area contributed by atoms with Crippen LogP contribution < -0.4 is 10.6 Å². The van der Waals surface area contributed by atoms with Gasteiger partial charge in [0.05, 0.1) is 16.1 Å². The van der Waals surface area contributed by atoms with E-state index in [1.54, 1.807) is 6.07 Å². The Labute approximate surface area is 153 Å². The molecule has 0 saturated carbocycles. The van der Waals surface area contributed by atoms with Gasteiger partial charge in [0.25, 0.3) is 5.91 Å². The van der Waals surface area contributed by atoms with Gasteiger partial charge in [0.1, 0.15) is 16.9 Å². The summed E-state index contributed by atoms with van der Waals surface area (Å²) >= 11 is 7.17. The van der Waals surface area contributed by atoms with Crippen molar-refractivity contribution in [2.24, 2.45) is 0 Å². The monoisotopic (exact) mass is 379 g/mol. The zero-order chi connectivity index (χ0) is 18.4. The number of hydrogen-bond donors (Lipinski definition) is 2. The molecule has 0 fully saturated rings. The first-order chi connectivity index (χ1) is 11.9. The van der Waals surface area contributed by atoms with Gasteiger partial charge in [-0.3, -0.25) is 9.59 Å². The van der Waals surface area contributed by atoms with Crippen LogP contribution in [0.5, 0.6) is 0 Å². The van der Waals surface area contributed by atoms with Crippen molar-refractivity contribution >= 4 is 39.8 Å². The fourth-order valence-electron chi connectivity index (χ4n) is 2.04. The number of nitrogens with zero attached hydrogens (tertiary/aromatic N) is 1. The number of benzene rings is 1. The number of halogens is 2. The van der Waals surface area contributed by atoms with Crippen molar-refractivity contribution in [3.63, 3.8) is 0 Å². The molecule has 2 rings (SSSR count). The van der Waals surface area contributed by atoms with E-state index in [0.717, 1.165) is 23.4 Å². The molecule has 0 bridgehead atoms. The minimum absolute atomic E-state index is 0.00583. The predicted octanol–water partition coefficient (Wildman–Crippen LogP) is 3.73. The SMILES string of the molecule is CCc1cc(C#N)c(NC(=O)CCNC(=O)c2ccc(F)cc2Cl)s1. The number of aryl methyl sites for hydroxylation is 1. The van der Waals surface area contributed by atoms with Crippen molar-refractivity contribution in [1.29, 1.82) is 5.26 Å². The summed E-state index contributed by atoms with van der Waals surface area (Å²) in [4.78, 5) is 24.9. The summed E-state index contributed by atoms with van der Waals surface area (Å²) in [5, 5.41) is 14.8. The van der Waals surface area contributed by atoms with Crippen molar-refractivity contribution in [1.82, 2.24) is 5.32 Å². The quantitative estimate of drug-likeness (QED) is 0.802. The molecule has 130 valence electrons. The van der Waals surface area contributed by atoms with E-state index < -0.39 is 11.7 Å². The third-order valence-corrected chi connectivity index (χ3v) is 4.83. The van der Waals surface area contributed by atoms with E-state index in [9.17, 15) is 14.0 Å².